The first kappa shape index (κ1) is 14.8. The maximum atomic E-state index is 12.4. The first-order chi connectivity index (χ1) is 9.38. The van der Waals surface area contributed by atoms with Gasteiger partial charge in [0.25, 0.3) is 0 Å². The second-order valence-corrected chi connectivity index (χ2v) is 5.85. The zero-order valence-electron chi connectivity index (χ0n) is 12.4. The van der Waals surface area contributed by atoms with Crippen molar-refractivity contribution >= 4 is 17.4 Å². The summed E-state index contributed by atoms with van der Waals surface area (Å²) in [6, 6.07) is 9.71. The number of Topliss-reactive ketones (excluding diaryl/α,β-unsaturated/α-hetero) is 1. The predicted molar refractivity (Wildman–Crippen MR) is 84.9 cm³/mol. The molecule has 0 bridgehead atoms. The highest BCUT2D eigenvalue weighted by Crippen LogP contribution is 2.21. The van der Waals surface area contributed by atoms with Crippen molar-refractivity contribution < 1.29 is 4.79 Å². The molecule has 0 atom stereocenters. The van der Waals surface area contributed by atoms with Gasteiger partial charge in [-0.15, -0.1) is 0 Å². The fourth-order valence-corrected chi connectivity index (χ4v) is 2.69. The van der Waals surface area contributed by atoms with Gasteiger partial charge in [0, 0.05) is 17.0 Å². The SMILES string of the molecule is Cc1cc(C)c(CC(=O)c2ccc(Cl)c(C)c2)c(C)c1. The van der Waals surface area contributed by atoms with Gasteiger partial charge in [0.05, 0.1) is 0 Å². The van der Waals surface area contributed by atoms with Gasteiger partial charge in [-0.25, -0.2) is 0 Å². The Kier molecular flexibility index (Phi) is 4.29. The van der Waals surface area contributed by atoms with E-state index in [0.29, 0.717) is 11.4 Å². The molecule has 2 heteroatoms. The molecule has 0 heterocycles. The minimum absolute atomic E-state index is 0.139. The Balaban J connectivity index is 2.30. The Hall–Kier alpha value is -1.60. The highest BCUT2D eigenvalue weighted by Gasteiger charge is 2.12. The lowest BCUT2D eigenvalue weighted by molar-refractivity contribution is 0.0992. The molecule has 0 saturated carbocycles. The lowest BCUT2D eigenvalue weighted by atomic mass is 9.93. The second kappa shape index (κ2) is 5.80. The lowest BCUT2D eigenvalue weighted by Crippen LogP contribution is -2.07. The Labute approximate surface area is 125 Å². The van der Waals surface area contributed by atoms with Gasteiger partial charge in [-0.1, -0.05) is 29.3 Å². The third-order valence-electron chi connectivity index (χ3n) is 3.66. The first-order valence-electron chi connectivity index (χ1n) is 6.74. The number of hydrogen-bond acceptors (Lipinski definition) is 1. The molecule has 0 unspecified atom stereocenters. The van der Waals surface area contributed by atoms with Crippen molar-refractivity contribution in [2.45, 2.75) is 34.1 Å². The molecule has 0 radical (unpaired) electrons. The normalized spacial score (nSPS) is 10.7. The molecule has 20 heavy (non-hydrogen) atoms. The van der Waals surface area contributed by atoms with E-state index >= 15 is 0 Å². The van der Waals surface area contributed by atoms with Gasteiger partial charge in [-0.05, 0) is 68.1 Å². The van der Waals surface area contributed by atoms with E-state index in [2.05, 4.69) is 32.9 Å². The van der Waals surface area contributed by atoms with Gasteiger partial charge in [-0.3, -0.25) is 4.79 Å². The average molecular weight is 287 g/mol. The number of carbonyl (C=O) groups excluding carboxylic acids is 1. The first-order valence-corrected chi connectivity index (χ1v) is 7.12. The number of aryl methyl sites for hydroxylation is 4. The third kappa shape index (κ3) is 3.10. The molecule has 0 aliphatic rings. The number of ketones is 1. The van der Waals surface area contributed by atoms with E-state index in [-0.39, 0.29) is 5.78 Å². The predicted octanol–water partition coefficient (Wildman–Crippen LogP) is 5.00. The minimum Gasteiger partial charge on any atom is -0.294 e. The van der Waals surface area contributed by atoms with E-state index in [0.717, 1.165) is 16.7 Å². The van der Waals surface area contributed by atoms with Gasteiger partial charge in [-0.2, -0.15) is 0 Å². The van der Waals surface area contributed by atoms with E-state index in [1.165, 1.54) is 16.7 Å². The van der Waals surface area contributed by atoms with Crippen LogP contribution in [0.25, 0.3) is 0 Å². The zero-order chi connectivity index (χ0) is 14.9. The van der Waals surface area contributed by atoms with Gasteiger partial charge < -0.3 is 0 Å². The van der Waals surface area contributed by atoms with Crippen molar-refractivity contribution in [2.75, 3.05) is 0 Å². The monoisotopic (exact) mass is 286 g/mol. The Morgan fingerprint density at radius 3 is 2.10 bits per heavy atom. The summed E-state index contributed by atoms with van der Waals surface area (Å²) >= 11 is 6.00. The van der Waals surface area contributed by atoms with Crippen molar-refractivity contribution in [3.8, 4) is 0 Å². The van der Waals surface area contributed by atoms with Gasteiger partial charge >= 0.3 is 0 Å². The molecule has 0 saturated heterocycles. The van der Waals surface area contributed by atoms with E-state index in [1.807, 2.05) is 13.0 Å². The minimum atomic E-state index is 0.139. The summed E-state index contributed by atoms with van der Waals surface area (Å²) < 4.78 is 0. The van der Waals surface area contributed by atoms with Crippen LogP contribution in [0.15, 0.2) is 30.3 Å². The smallest absolute Gasteiger partial charge is 0.167 e. The Morgan fingerprint density at radius 1 is 0.950 bits per heavy atom. The quantitative estimate of drug-likeness (QED) is 0.726. The summed E-state index contributed by atoms with van der Waals surface area (Å²) in [5.74, 6) is 0.139. The lowest BCUT2D eigenvalue weighted by Gasteiger charge is -2.11. The molecule has 1 nitrogen and oxygen atoms in total. The fourth-order valence-electron chi connectivity index (χ4n) is 2.57. The van der Waals surface area contributed by atoms with Crippen LogP contribution in [0.3, 0.4) is 0 Å². The number of hydrogen-bond donors (Lipinski definition) is 0. The molecule has 2 rings (SSSR count). The van der Waals surface area contributed by atoms with Crippen molar-refractivity contribution in [1.29, 1.82) is 0 Å². The van der Waals surface area contributed by atoms with Crippen LogP contribution in [0.5, 0.6) is 0 Å². The number of rotatable bonds is 3. The molecule has 104 valence electrons. The maximum absolute atomic E-state index is 12.4. The van der Waals surface area contributed by atoms with E-state index < -0.39 is 0 Å². The molecule has 2 aromatic rings. The van der Waals surface area contributed by atoms with Crippen LogP contribution in [-0.4, -0.2) is 5.78 Å². The molecule has 0 aliphatic heterocycles. The molecule has 0 amide bonds. The summed E-state index contributed by atoms with van der Waals surface area (Å²) in [5.41, 5.74) is 6.40. The van der Waals surface area contributed by atoms with Crippen molar-refractivity contribution in [2.24, 2.45) is 0 Å². The van der Waals surface area contributed by atoms with E-state index in [1.54, 1.807) is 12.1 Å². The van der Waals surface area contributed by atoms with Gasteiger partial charge in [0.1, 0.15) is 0 Å². The average Bonchev–Trinajstić information content (AvgIpc) is 2.36. The maximum Gasteiger partial charge on any atom is 0.167 e. The molecule has 0 N–H and O–H groups in total. The van der Waals surface area contributed by atoms with Crippen molar-refractivity contribution in [3.63, 3.8) is 0 Å². The third-order valence-corrected chi connectivity index (χ3v) is 4.08. The molecule has 2 aromatic carbocycles. The topological polar surface area (TPSA) is 17.1 Å². The van der Waals surface area contributed by atoms with E-state index in [9.17, 15) is 4.79 Å². The molecular formula is C18H19ClO. The highest BCUT2D eigenvalue weighted by atomic mass is 35.5. The van der Waals surface area contributed by atoms with Gasteiger partial charge in [0.15, 0.2) is 5.78 Å². The molecular weight excluding hydrogens is 268 g/mol. The number of halogens is 1. The number of benzene rings is 2. The molecule has 0 fully saturated rings. The van der Waals surface area contributed by atoms with Crippen LogP contribution < -0.4 is 0 Å². The standard InChI is InChI=1S/C18H19ClO/c1-11-7-12(2)16(13(3)8-11)10-18(20)15-5-6-17(19)14(4)9-15/h5-9H,10H2,1-4H3. The molecule has 0 aromatic heterocycles. The number of carbonyl (C=O) groups is 1. The Bertz CT molecular complexity index is 648. The zero-order valence-corrected chi connectivity index (χ0v) is 13.1. The summed E-state index contributed by atoms with van der Waals surface area (Å²) in [7, 11) is 0. The summed E-state index contributed by atoms with van der Waals surface area (Å²) in [4.78, 5) is 12.4. The van der Waals surface area contributed by atoms with Crippen molar-refractivity contribution in [3.05, 3.63) is 68.7 Å². The second-order valence-electron chi connectivity index (χ2n) is 5.44. The van der Waals surface area contributed by atoms with Crippen molar-refractivity contribution in [1.82, 2.24) is 0 Å². The van der Waals surface area contributed by atoms with Crippen LogP contribution >= 0.6 is 11.6 Å². The van der Waals surface area contributed by atoms with Crippen LogP contribution in [0.4, 0.5) is 0 Å². The Morgan fingerprint density at radius 2 is 1.55 bits per heavy atom. The van der Waals surface area contributed by atoms with E-state index in [4.69, 9.17) is 11.6 Å². The highest BCUT2D eigenvalue weighted by molar-refractivity contribution is 6.31. The summed E-state index contributed by atoms with van der Waals surface area (Å²) in [6.45, 7) is 8.13. The van der Waals surface area contributed by atoms with Gasteiger partial charge in [0.2, 0.25) is 0 Å². The molecule has 0 aliphatic carbocycles. The largest absolute Gasteiger partial charge is 0.294 e. The summed E-state index contributed by atoms with van der Waals surface area (Å²) in [5, 5.41) is 0.698. The molecule has 0 spiro atoms. The van der Waals surface area contributed by atoms with Crippen LogP contribution in [0, 0.1) is 27.7 Å². The van der Waals surface area contributed by atoms with Crippen LogP contribution in [0.2, 0.25) is 5.02 Å². The van der Waals surface area contributed by atoms with Crippen LogP contribution in [-0.2, 0) is 6.42 Å². The van der Waals surface area contributed by atoms with Crippen LogP contribution in [0.1, 0.15) is 38.2 Å². The summed E-state index contributed by atoms with van der Waals surface area (Å²) in [6.07, 6.45) is 0.443. The fraction of sp³-hybridized carbons (Fsp3) is 0.278.